The molecule has 0 aliphatic rings. The van der Waals surface area contributed by atoms with Gasteiger partial charge in [0, 0.05) is 11.6 Å². The highest BCUT2D eigenvalue weighted by atomic mass is 16.5. The van der Waals surface area contributed by atoms with E-state index in [0.29, 0.717) is 5.76 Å². The fraction of sp³-hybridized carbons (Fsp3) is 0.154. The first kappa shape index (κ1) is 10.5. The van der Waals surface area contributed by atoms with Crippen LogP contribution in [0.4, 0.5) is 0 Å². The molecule has 16 heavy (non-hydrogen) atoms. The van der Waals surface area contributed by atoms with Crippen LogP contribution in [-0.2, 0) is 6.42 Å². The first-order valence-electron chi connectivity index (χ1n) is 5.21. The molecule has 0 fully saturated rings. The van der Waals surface area contributed by atoms with Gasteiger partial charge in [0.2, 0.25) is 0 Å². The normalized spacial score (nSPS) is 11.1. The summed E-state index contributed by atoms with van der Waals surface area (Å²) in [4.78, 5) is 0. The van der Waals surface area contributed by atoms with Gasteiger partial charge in [0.25, 0.3) is 0 Å². The van der Waals surface area contributed by atoms with E-state index in [1.807, 2.05) is 25.1 Å². The van der Waals surface area contributed by atoms with Crippen LogP contribution in [0.1, 0.15) is 23.9 Å². The highest BCUT2D eigenvalue weighted by Crippen LogP contribution is 2.18. The molecule has 3 heteroatoms. The standard InChI is InChI=1S/C13H13NO2/c1-2-11-9-12(16-14-11)8-7-10-5-3-4-6-13(10)15/h3-9,15H,2H2,1H3. The predicted octanol–water partition coefficient (Wildman–Crippen LogP) is 3.11. The second kappa shape index (κ2) is 4.66. The zero-order chi connectivity index (χ0) is 11.4. The van der Waals surface area contributed by atoms with Crippen molar-refractivity contribution in [1.82, 2.24) is 5.16 Å². The number of phenolic OH excluding ortho intramolecular Hbond substituents is 1. The Labute approximate surface area is 94.0 Å². The van der Waals surface area contributed by atoms with E-state index in [2.05, 4.69) is 5.16 Å². The van der Waals surface area contributed by atoms with Gasteiger partial charge in [-0.15, -0.1) is 0 Å². The van der Waals surface area contributed by atoms with Crippen molar-refractivity contribution >= 4 is 12.2 Å². The van der Waals surface area contributed by atoms with Gasteiger partial charge in [0.15, 0.2) is 5.76 Å². The molecule has 1 aromatic carbocycles. The average Bonchev–Trinajstić information content (AvgIpc) is 2.76. The zero-order valence-electron chi connectivity index (χ0n) is 9.05. The maximum absolute atomic E-state index is 9.54. The third-order valence-electron chi connectivity index (χ3n) is 2.30. The molecule has 0 radical (unpaired) electrons. The molecular weight excluding hydrogens is 202 g/mol. The Balaban J connectivity index is 2.18. The molecule has 1 N–H and O–H groups in total. The van der Waals surface area contributed by atoms with Crippen LogP contribution in [0.5, 0.6) is 5.75 Å². The topological polar surface area (TPSA) is 46.3 Å². The van der Waals surface area contributed by atoms with Crippen LogP contribution in [0.15, 0.2) is 34.9 Å². The van der Waals surface area contributed by atoms with Gasteiger partial charge in [0.05, 0.1) is 5.69 Å². The van der Waals surface area contributed by atoms with Crippen LogP contribution >= 0.6 is 0 Å². The number of hydrogen-bond acceptors (Lipinski definition) is 3. The van der Waals surface area contributed by atoms with E-state index < -0.39 is 0 Å². The Morgan fingerprint density at radius 2 is 2.12 bits per heavy atom. The lowest BCUT2D eigenvalue weighted by Gasteiger charge is -1.95. The molecule has 0 amide bonds. The van der Waals surface area contributed by atoms with Crippen LogP contribution < -0.4 is 0 Å². The van der Waals surface area contributed by atoms with E-state index in [9.17, 15) is 5.11 Å². The number of aryl methyl sites for hydroxylation is 1. The number of rotatable bonds is 3. The van der Waals surface area contributed by atoms with Crippen molar-refractivity contribution in [2.75, 3.05) is 0 Å². The fourth-order valence-electron chi connectivity index (χ4n) is 1.37. The molecule has 2 rings (SSSR count). The molecule has 0 bridgehead atoms. The monoisotopic (exact) mass is 215 g/mol. The minimum absolute atomic E-state index is 0.258. The summed E-state index contributed by atoms with van der Waals surface area (Å²) in [7, 11) is 0. The molecule has 0 spiro atoms. The number of nitrogens with zero attached hydrogens (tertiary/aromatic N) is 1. The summed E-state index contributed by atoms with van der Waals surface area (Å²) < 4.78 is 5.10. The third-order valence-corrected chi connectivity index (χ3v) is 2.30. The number of para-hydroxylation sites is 1. The molecule has 0 aliphatic heterocycles. The summed E-state index contributed by atoms with van der Waals surface area (Å²) in [5.74, 6) is 0.953. The van der Waals surface area contributed by atoms with Crippen molar-refractivity contribution in [3.8, 4) is 5.75 Å². The molecule has 0 atom stereocenters. The van der Waals surface area contributed by atoms with Crippen LogP contribution in [0, 0.1) is 0 Å². The Kier molecular flexibility index (Phi) is 3.05. The highest BCUT2D eigenvalue weighted by molar-refractivity contribution is 5.70. The summed E-state index contributed by atoms with van der Waals surface area (Å²) in [5.41, 5.74) is 1.69. The van der Waals surface area contributed by atoms with Gasteiger partial charge in [0.1, 0.15) is 5.75 Å². The number of phenols is 1. The molecule has 3 nitrogen and oxygen atoms in total. The lowest BCUT2D eigenvalue weighted by molar-refractivity contribution is 0.406. The Bertz CT molecular complexity index is 500. The van der Waals surface area contributed by atoms with E-state index in [1.165, 1.54) is 0 Å². The number of aromatic hydroxyl groups is 1. The molecule has 1 aromatic heterocycles. The quantitative estimate of drug-likeness (QED) is 0.855. The first-order valence-corrected chi connectivity index (χ1v) is 5.21. The van der Waals surface area contributed by atoms with Gasteiger partial charge in [-0.25, -0.2) is 0 Å². The van der Waals surface area contributed by atoms with Crippen molar-refractivity contribution in [3.05, 3.63) is 47.3 Å². The minimum atomic E-state index is 0.258. The van der Waals surface area contributed by atoms with Crippen molar-refractivity contribution in [2.45, 2.75) is 13.3 Å². The van der Waals surface area contributed by atoms with Crippen molar-refractivity contribution in [1.29, 1.82) is 0 Å². The summed E-state index contributed by atoms with van der Waals surface area (Å²) >= 11 is 0. The van der Waals surface area contributed by atoms with Gasteiger partial charge in [-0.2, -0.15) is 0 Å². The fourth-order valence-corrected chi connectivity index (χ4v) is 1.37. The predicted molar refractivity (Wildman–Crippen MR) is 62.9 cm³/mol. The SMILES string of the molecule is CCc1cc(C=Cc2ccccc2O)on1. The Hall–Kier alpha value is -2.03. The third kappa shape index (κ3) is 2.31. The summed E-state index contributed by atoms with van der Waals surface area (Å²) in [6.45, 7) is 2.02. The summed E-state index contributed by atoms with van der Waals surface area (Å²) in [6, 6.07) is 9.03. The molecule has 1 heterocycles. The van der Waals surface area contributed by atoms with E-state index >= 15 is 0 Å². The molecule has 0 aliphatic carbocycles. The van der Waals surface area contributed by atoms with Gasteiger partial charge in [-0.3, -0.25) is 0 Å². The first-order chi connectivity index (χ1) is 7.79. The minimum Gasteiger partial charge on any atom is -0.507 e. The number of aromatic nitrogens is 1. The van der Waals surface area contributed by atoms with Crippen LogP contribution in [0.25, 0.3) is 12.2 Å². The number of benzene rings is 1. The van der Waals surface area contributed by atoms with Crippen molar-refractivity contribution in [3.63, 3.8) is 0 Å². The van der Waals surface area contributed by atoms with E-state index in [0.717, 1.165) is 17.7 Å². The van der Waals surface area contributed by atoms with Crippen molar-refractivity contribution < 1.29 is 9.63 Å². The van der Waals surface area contributed by atoms with Gasteiger partial charge in [-0.05, 0) is 24.6 Å². The van der Waals surface area contributed by atoms with Crippen LogP contribution in [0.3, 0.4) is 0 Å². The number of hydrogen-bond donors (Lipinski definition) is 1. The van der Waals surface area contributed by atoms with E-state index in [1.54, 1.807) is 24.3 Å². The molecular formula is C13H13NO2. The molecule has 82 valence electrons. The second-order valence-corrected chi connectivity index (χ2v) is 3.47. The zero-order valence-corrected chi connectivity index (χ0v) is 9.05. The molecule has 0 saturated heterocycles. The lowest BCUT2D eigenvalue weighted by Crippen LogP contribution is -1.74. The summed E-state index contributed by atoms with van der Waals surface area (Å²) in [5, 5.41) is 13.4. The Morgan fingerprint density at radius 3 is 2.81 bits per heavy atom. The second-order valence-electron chi connectivity index (χ2n) is 3.47. The highest BCUT2D eigenvalue weighted by Gasteiger charge is 1.99. The van der Waals surface area contributed by atoms with Gasteiger partial charge >= 0.3 is 0 Å². The van der Waals surface area contributed by atoms with Gasteiger partial charge < -0.3 is 9.63 Å². The van der Waals surface area contributed by atoms with Crippen LogP contribution in [-0.4, -0.2) is 10.3 Å². The lowest BCUT2D eigenvalue weighted by atomic mass is 10.2. The smallest absolute Gasteiger partial charge is 0.159 e. The molecule has 2 aromatic rings. The summed E-state index contributed by atoms with van der Waals surface area (Å²) in [6.07, 6.45) is 4.45. The van der Waals surface area contributed by atoms with Gasteiger partial charge in [-0.1, -0.05) is 30.3 Å². The van der Waals surface area contributed by atoms with Crippen LogP contribution in [0.2, 0.25) is 0 Å². The average molecular weight is 215 g/mol. The Morgan fingerprint density at radius 1 is 1.31 bits per heavy atom. The maximum atomic E-state index is 9.54. The largest absolute Gasteiger partial charge is 0.507 e. The van der Waals surface area contributed by atoms with E-state index in [4.69, 9.17) is 4.52 Å². The van der Waals surface area contributed by atoms with E-state index in [-0.39, 0.29) is 5.75 Å². The maximum Gasteiger partial charge on any atom is 0.159 e. The van der Waals surface area contributed by atoms with Crippen molar-refractivity contribution in [2.24, 2.45) is 0 Å². The molecule has 0 unspecified atom stereocenters. The molecule has 0 saturated carbocycles.